The molecule has 0 aromatic rings. The Bertz CT molecular complexity index is 225. The summed E-state index contributed by atoms with van der Waals surface area (Å²) in [5.41, 5.74) is 81.0. The SMILES string of the molecule is [Mo].[N-]=[N+]=[N-].[N-]=[N+]=[N-].[N-]=[N+]=[N-].[N-]=[N+]=[N-].[N-]=[N+]=[N-].[N-]=[N+]=[N-]. The summed E-state index contributed by atoms with van der Waals surface area (Å²) in [6.07, 6.45) is 0. The van der Waals surface area contributed by atoms with Gasteiger partial charge in [-0.1, -0.05) is 0 Å². The molecule has 0 aromatic heterocycles. The van der Waals surface area contributed by atoms with Crippen LogP contribution in [0.2, 0.25) is 0 Å². The molecule has 0 atom stereocenters. The quantitative estimate of drug-likeness (QED) is 0.235. The van der Waals surface area contributed by atoms with Crippen LogP contribution in [0.25, 0.3) is 95.8 Å². The Balaban J connectivity index is -0.0000000180. The first-order valence-electron chi connectivity index (χ1n) is 2.40. The largest absolute Gasteiger partial charge is 0.373 e. The van der Waals surface area contributed by atoms with Gasteiger partial charge in [0.05, 0.1) is 0 Å². The van der Waals surface area contributed by atoms with Crippen LogP contribution in [0.15, 0.2) is 0 Å². The van der Waals surface area contributed by atoms with Gasteiger partial charge in [0.25, 0.3) is 0 Å². The fraction of sp³-hybridized carbons (Fsp3) is 0. The summed E-state index contributed by atoms with van der Waals surface area (Å²) in [7, 11) is 0. The minimum Gasteiger partial charge on any atom is -0.373 e. The second-order valence-corrected chi connectivity index (χ2v) is 0.537. The van der Waals surface area contributed by atoms with E-state index < -0.39 is 0 Å². The third kappa shape index (κ3) is 192. The van der Waals surface area contributed by atoms with Crippen LogP contribution in [0.4, 0.5) is 0 Å². The molecule has 0 amide bonds. The minimum atomic E-state index is 0. The first-order valence-corrected chi connectivity index (χ1v) is 2.40. The van der Waals surface area contributed by atoms with E-state index in [1.807, 2.05) is 0 Å². The van der Waals surface area contributed by atoms with Crippen molar-refractivity contribution in [3.63, 3.8) is 0 Å². The zero-order valence-electron chi connectivity index (χ0n) is 8.46. The van der Waals surface area contributed by atoms with Crippen molar-refractivity contribution in [1.29, 1.82) is 0 Å². The van der Waals surface area contributed by atoms with Crippen LogP contribution in [0, 0.1) is 0 Å². The fourth-order valence-corrected chi connectivity index (χ4v) is 0. The van der Waals surface area contributed by atoms with Crippen LogP contribution >= 0.6 is 0 Å². The van der Waals surface area contributed by atoms with Crippen LogP contribution in [0.1, 0.15) is 0 Å². The summed E-state index contributed by atoms with van der Waals surface area (Å²) in [6.45, 7) is 0. The van der Waals surface area contributed by atoms with Crippen molar-refractivity contribution in [1.82, 2.24) is 0 Å². The second-order valence-electron chi connectivity index (χ2n) is 0.537. The van der Waals surface area contributed by atoms with E-state index in [4.69, 9.17) is 66.4 Å². The first-order chi connectivity index (χ1) is 8.49. The smallest absolute Gasteiger partial charge is 0 e. The van der Waals surface area contributed by atoms with Crippen molar-refractivity contribution in [2.24, 2.45) is 0 Å². The van der Waals surface area contributed by atoms with Gasteiger partial charge in [-0.2, -0.15) is 0 Å². The molecule has 19 heavy (non-hydrogen) atoms. The Kier molecular flexibility index (Phi) is 975. The van der Waals surface area contributed by atoms with Gasteiger partial charge in [0.15, 0.2) is 0 Å². The minimum absolute atomic E-state index is 0. The number of hydrogen-bond acceptors (Lipinski definition) is 0. The fourth-order valence-electron chi connectivity index (χ4n) is 0. The molecule has 19 heteroatoms. The summed E-state index contributed by atoms with van der Waals surface area (Å²) in [4.78, 5) is 9.00. The molecule has 0 aliphatic carbocycles. The molecule has 0 N–H and O–H groups in total. The molecule has 0 bridgehead atoms. The molecule has 0 spiro atoms. The third-order valence-electron chi connectivity index (χ3n) is 0. The Morgan fingerprint density at radius 1 is 0.263 bits per heavy atom. The van der Waals surface area contributed by atoms with E-state index in [2.05, 4.69) is 0 Å². The molecule has 0 radical (unpaired) electrons. The van der Waals surface area contributed by atoms with E-state index in [1.54, 1.807) is 0 Å². The van der Waals surface area contributed by atoms with Gasteiger partial charge >= 0.3 is 0 Å². The molecule has 0 rings (SSSR count). The van der Waals surface area contributed by atoms with Crippen molar-refractivity contribution in [3.05, 3.63) is 95.8 Å². The summed E-state index contributed by atoms with van der Waals surface area (Å²) in [6, 6.07) is 0. The van der Waals surface area contributed by atoms with Gasteiger partial charge in [-0.25, -0.2) is 0 Å². The maximum atomic E-state index is 6.75. The molecule has 0 aliphatic rings. The predicted molar refractivity (Wildman–Crippen MR) is 60.5 cm³/mol. The molecule has 0 saturated heterocycles. The predicted octanol–water partition coefficient (Wildman–Crippen LogP) is 5.19. The monoisotopic (exact) mass is 350 g/mol. The van der Waals surface area contributed by atoms with Crippen molar-refractivity contribution in [2.75, 3.05) is 0 Å². The van der Waals surface area contributed by atoms with Gasteiger partial charge in [0.2, 0.25) is 0 Å². The van der Waals surface area contributed by atoms with E-state index in [0.717, 1.165) is 0 Å². The summed E-state index contributed by atoms with van der Waals surface area (Å²) in [5, 5.41) is 0. The molecular formula is MoN18-6. The molecule has 0 fully saturated rings. The summed E-state index contributed by atoms with van der Waals surface area (Å²) in [5.74, 6) is 0. The van der Waals surface area contributed by atoms with Crippen LogP contribution in [-0.2, 0) is 21.1 Å². The van der Waals surface area contributed by atoms with Gasteiger partial charge in [-0.3, -0.25) is 29.5 Å². The van der Waals surface area contributed by atoms with Crippen molar-refractivity contribution in [2.45, 2.75) is 0 Å². The third-order valence-corrected chi connectivity index (χ3v) is 0. The standard InChI is InChI=1S/Mo.6N3/c;6*1-3-2/q;6*-1. The van der Waals surface area contributed by atoms with Crippen LogP contribution < -0.4 is 0 Å². The van der Waals surface area contributed by atoms with Gasteiger partial charge < -0.3 is 66.4 Å². The maximum Gasteiger partial charge on any atom is 0 e. The van der Waals surface area contributed by atoms with Crippen molar-refractivity contribution in [3.8, 4) is 0 Å². The summed E-state index contributed by atoms with van der Waals surface area (Å²) < 4.78 is 0. The molecule has 18 nitrogen and oxygen atoms in total. The van der Waals surface area contributed by atoms with Crippen LogP contribution in [-0.4, -0.2) is 0 Å². The van der Waals surface area contributed by atoms with E-state index in [0.29, 0.717) is 0 Å². The van der Waals surface area contributed by atoms with E-state index in [1.165, 1.54) is 29.5 Å². The van der Waals surface area contributed by atoms with Gasteiger partial charge in [-0.15, -0.1) is 0 Å². The van der Waals surface area contributed by atoms with Gasteiger partial charge in [0, 0.05) is 21.1 Å². The number of nitrogens with zero attached hydrogens (tertiary/aromatic N) is 18. The van der Waals surface area contributed by atoms with Gasteiger partial charge in [-0.05, 0) is 0 Å². The Hall–Kier alpha value is -3.45. The zero-order valence-corrected chi connectivity index (χ0v) is 10.5. The Morgan fingerprint density at radius 2 is 0.263 bits per heavy atom. The average Bonchev–Trinajstić information content (AvgIpc) is 2.23. The van der Waals surface area contributed by atoms with E-state index in [9.17, 15) is 0 Å². The molecule has 102 valence electrons. The molecule has 0 aromatic carbocycles. The molecule has 0 heterocycles. The van der Waals surface area contributed by atoms with Crippen molar-refractivity contribution >= 4 is 0 Å². The second kappa shape index (κ2) is 411. The normalized spacial score (nSPS) is 2.53. The maximum absolute atomic E-state index is 6.75. The number of hydrogen-bond donors (Lipinski definition) is 0. The van der Waals surface area contributed by atoms with Gasteiger partial charge in [0.1, 0.15) is 0 Å². The van der Waals surface area contributed by atoms with Crippen molar-refractivity contribution < 1.29 is 21.1 Å². The summed E-state index contributed by atoms with van der Waals surface area (Å²) >= 11 is 0. The Morgan fingerprint density at radius 3 is 0.263 bits per heavy atom. The molecule has 0 saturated carbocycles. The first kappa shape index (κ1) is 45.0. The topological polar surface area (TPSA) is 352 Å². The molecule has 0 unspecified atom stereocenters. The zero-order chi connectivity index (χ0) is 16.2. The Labute approximate surface area is 117 Å². The number of rotatable bonds is 0. The molecular weight excluding hydrogens is 348 g/mol. The molecule has 0 aliphatic heterocycles. The van der Waals surface area contributed by atoms with Crippen LogP contribution in [0.5, 0.6) is 0 Å². The van der Waals surface area contributed by atoms with Crippen LogP contribution in [0.3, 0.4) is 0 Å². The van der Waals surface area contributed by atoms with E-state index in [-0.39, 0.29) is 21.1 Å². The average molecular weight is 348 g/mol. The van der Waals surface area contributed by atoms with E-state index >= 15 is 0 Å².